The highest BCUT2D eigenvalue weighted by Gasteiger charge is 2.26. The van der Waals surface area contributed by atoms with E-state index in [0.29, 0.717) is 33.7 Å². The zero-order valence-electron chi connectivity index (χ0n) is 21.0. The van der Waals surface area contributed by atoms with Gasteiger partial charge in [-0.3, -0.25) is 4.79 Å². The molecule has 3 aromatic rings. The van der Waals surface area contributed by atoms with Crippen molar-refractivity contribution in [3.8, 4) is 17.1 Å². The summed E-state index contributed by atoms with van der Waals surface area (Å²) in [6.07, 6.45) is 2.26. The molecular formula is C28H32Cl2N2O3. The number of benzene rings is 2. The minimum absolute atomic E-state index is 0.208. The van der Waals surface area contributed by atoms with Crippen molar-refractivity contribution < 1.29 is 14.3 Å². The van der Waals surface area contributed by atoms with Crippen LogP contribution in [0.4, 0.5) is 0 Å². The summed E-state index contributed by atoms with van der Waals surface area (Å²) in [5.74, 6) is 1.24. The summed E-state index contributed by atoms with van der Waals surface area (Å²) in [5.41, 5.74) is 5.69. The monoisotopic (exact) mass is 514 g/mol. The van der Waals surface area contributed by atoms with Gasteiger partial charge >= 0.3 is 0 Å². The molecule has 5 nitrogen and oxygen atoms in total. The van der Waals surface area contributed by atoms with E-state index >= 15 is 0 Å². The Morgan fingerprint density at radius 2 is 1.60 bits per heavy atom. The number of aryl methyl sites for hydroxylation is 1. The van der Waals surface area contributed by atoms with Gasteiger partial charge in [0.25, 0.3) is 0 Å². The van der Waals surface area contributed by atoms with E-state index in [0.717, 1.165) is 22.3 Å². The molecule has 0 spiro atoms. The van der Waals surface area contributed by atoms with Gasteiger partial charge in [-0.15, -0.1) is 0 Å². The molecule has 0 unspecified atom stereocenters. The van der Waals surface area contributed by atoms with E-state index in [1.807, 2.05) is 18.2 Å². The van der Waals surface area contributed by atoms with Crippen molar-refractivity contribution in [2.45, 2.75) is 65.2 Å². The maximum absolute atomic E-state index is 12.4. The quantitative estimate of drug-likeness (QED) is 0.262. The van der Waals surface area contributed by atoms with Crippen molar-refractivity contribution in [3.05, 3.63) is 75.0 Å². The minimum Gasteiger partial charge on any atom is -0.507 e. The predicted molar refractivity (Wildman–Crippen MR) is 144 cm³/mol. The molecule has 186 valence electrons. The van der Waals surface area contributed by atoms with Crippen LogP contribution in [0.3, 0.4) is 0 Å². The lowest BCUT2D eigenvalue weighted by Crippen LogP contribution is -2.20. The Balaban J connectivity index is 1.64. The molecule has 0 aliphatic heterocycles. The molecule has 2 N–H and O–H groups in total. The maximum Gasteiger partial charge on any atom is 0.240 e. The number of nitrogens with one attached hydrogen (secondary N) is 1. The Labute approximate surface area is 217 Å². The summed E-state index contributed by atoms with van der Waals surface area (Å²) in [5, 5.41) is 15.8. The van der Waals surface area contributed by atoms with E-state index in [4.69, 9.17) is 27.6 Å². The fourth-order valence-electron chi connectivity index (χ4n) is 3.69. The highest BCUT2D eigenvalue weighted by atomic mass is 35.5. The van der Waals surface area contributed by atoms with Crippen LogP contribution >= 0.6 is 23.2 Å². The van der Waals surface area contributed by atoms with Crippen molar-refractivity contribution in [2.24, 2.45) is 5.10 Å². The molecule has 0 aliphatic rings. The molecule has 3 rings (SSSR count). The normalized spacial score (nSPS) is 12.3. The average molecular weight is 515 g/mol. The lowest BCUT2D eigenvalue weighted by molar-refractivity contribution is -0.121. The number of phenols is 1. The number of hydrazone groups is 1. The van der Waals surface area contributed by atoms with Crippen molar-refractivity contribution in [1.82, 2.24) is 5.43 Å². The standard InChI is InChI=1S/C28H32Cl2N2O3/c1-27(2,3)20-13-17(14-21(26(20)34)28(4,5)6)7-12-25(33)32-31-16-19-9-11-24(35-19)18-8-10-22(29)23(30)15-18/h8-11,13-16,34H,7,12H2,1-6H3,(H,32,33)/b31-16-. The maximum atomic E-state index is 12.4. The summed E-state index contributed by atoms with van der Waals surface area (Å²) >= 11 is 12.0. The molecule has 0 radical (unpaired) electrons. The number of amides is 1. The number of halogens is 2. The van der Waals surface area contributed by atoms with E-state index in [1.165, 1.54) is 6.21 Å². The molecule has 0 atom stereocenters. The van der Waals surface area contributed by atoms with Crippen LogP contribution in [-0.2, 0) is 22.0 Å². The fraction of sp³-hybridized carbons (Fsp3) is 0.357. The van der Waals surface area contributed by atoms with Gasteiger partial charge < -0.3 is 9.52 Å². The van der Waals surface area contributed by atoms with Gasteiger partial charge in [-0.05, 0) is 64.3 Å². The lowest BCUT2D eigenvalue weighted by Gasteiger charge is -2.28. The first kappa shape index (κ1) is 26.8. The molecule has 0 fully saturated rings. The number of carbonyl (C=O) groups is 1. The number of carbonyl (C=O) groups excluding carboxylic acids is 1. The van der Waals surface area contributed by atoms with Crippen LogP contribution in [0.2, 0.25) is 10.0 Å². The first-order valence-electron chi connectivity index (χ1n) is 11.5. The number of nitrogens with zero attached hydrogens (tertiary/aromatic N) is 1. The number of furan rings is 1. The Morgan fingerprint density at radius 1 is 0.971 bits per heavy atom. The Kier molecular flexibility index (Phi) is 8.03. The van der Waals surface area contributed by atoms with Crippen LogP contribution in [0.1, 0.15) is 70.4 Å². The zero-order valence-corrected chi connectivity index (χ0v) is 22.5. The van der Waals surface area contributed by atoms with Crippen LogP contribution in [0.15, 0.2) is 52.0 Å². The molecule has 2 aromatic carbocycles. The number of hydrogen-bond donors (Lipinski definition) is 2. The second-order valence-electron chi connectivity index (χ2n) is 10.7. The van der Waals surface area contributed by atoms with Crippen LogP contribution in [0.5, 0.6) is 5.75 Å². The van der Waals surface area contributed by atoms with Gasteiger partial charge in [0.1, 0.15) is 17.3 Å². The average Bonchev–Trinajstić information content (AvgIpc) is 3.22. The van der Waals surface area contributed by atoms with Crippen LogP contribution in [0, 0.1) is 0 Å². The minimum atomic E-state index is -0.216. The van der Waals surface area contributed by atoms with Gasteiger partial charge in [0.15, 0.2) is 0 Å². The molecule has 35 heavy (non-hydrogen) atoms. The molecular weight excluding hydrogens is 483 g/mol. The van der Waals surface area contributed by atoms with Gasteiger partial charge in [-0.1, -0.05) is 76.9 Å². The van der Waals surface area contributed by atoms with Gasteiger partial charge in [-0.25, -0.2) is 5.43 Å². The van der Waals surface area contributed by atoms with Gasteiger partial charge in [-0.2, -0.15) is 5.10 Å². The van der Waals surface area contributed by atoms with E-state index < -0.39 is 0 Å². The first-order chi connectivity index (χ1) is 16.3. The topological polar surface area (TPSA) is 74.8 Å². The van der Waals surface area contributed by atoms with Crippen LogP contribution in [0.25, 0.3) is 11.3 Å². The molecule has 1 amide bonds. The van der Waals surface area contributed by atoms with Crippen LogP contribution in [-0.4, -0.2) is 17.2 Å². The van der Waals surface area contributed by atoms with Gasteiger partial charge in [0, 0.05) is 12.0 Å². The Hall–Kier alpha value is -2.76. The predicted octanol–water partition coefficient (Wildman–Crippen LogP) is 7.64. The fourth-order valence-corrected chi connectivity index (χ4v) is 3.99. The highest BCUT2D eigenvalue weighted by molar-refractivity contribution is 6.42. The third-order valence-electron chi connectivity index (χ3n) is 5.64. The molecule has 0 aliphatic carbocycles. The zero-order chi connectivity index (χ0) is 26.0. The summed E-state index contributed by atoms with van der Waals surface area (Å²) in [6, 6.07) is 12.8. The third-order valence-corrected chi connectivity index (χ3v) is 6.38. The number of aromatic hydroxyl groups is 1. The van der Waals surface area contributed by atoms with Crippen molar-refractivity contribution in [2.75, 3.05) is 0 Å². The third kappa shape index (κ3) is 6.89. The van der Waals surface area contributed by atoms with E-state index in [9.17, 15) is 9.90 Å². The molecule has 1 heterocycles. The van der Waals surface area contributed by atoms with E-state index in [2.05, 4.69) is 52.1 Å². The largest absolute Gasteiger partial charge is 0.507 e. The SMILES string of the molecule is CC(C)(C)c1cc(CCC(=O)N/N=C\c2ccc(-c3ccc(Cl)c(Cl)c3)o2)cc(C(C)(C)C)c1O. The van der Waals surface area contributed by atoms with Crippen LogP contribution < -0.4 is 5.43 Å². The molecule has 1 aromatic heterocycles. The lowest BCUT2D eigenvalue weighted by atomic mass is 9.78. The smallest absolute Gasteiger partial charge is 0.240 e. The summed E-state index contributed by atoms with van der Waals surface area (Å²) in [7, 11) is 0. The molecule has 0 bridgehead atoms. The second kappa shape index (κ2) is 10.5. The second-order valence-corrected chi connectivity index (χ2v) is 11.5. The van der Waals surface area contributed by atoms with Crippen molar-refractivity contribution in [1.29, 1.82) is 0 Å². The molecule has 0 saturated heterocycles. The summed E-state index contributed by atoms with van der Waals surface area (Å²) in [6.45, 7) is 12.4. The number of phenolic OH excluding ortho intramolecular Hbond substituents is 1. The van der Waals surface area contributed by atoms with Crippen molar-refractivity contribution >= 4 is 35.3 Å². The molecule has 7 heteroatoms. The first-order valence-corrected chi connectivity index (χ1v) is 12.3. The number of rotatable bonds is 6. The summed E-state index contributed by atoms with van der Waals surface area (Å²) in [4.78, 5) is 12.4. The van der Waals surface area contributed by atoms with E-state index in [1.54, 1.807) is 24.3 Å². The molecule has 0 saturated carbocycles. The summed E-state index contributed by atoms with van der Waals surface area (Å²) < 4.78 is 5.75. The Morgan fingerprint density at radius 3 is 2.17 bits per heavy atom. The highest BCUT2D eigenvalue weighted by Crippen LogP contribution is 2.40. The van der Waals surface area contributed by atoms with E-state index in [-0.39, 0.29) is 23.2 Å². The Bertz CT molecular complexity index is 1210. The number of hydrogen-bond acceptors (Lipinski definition) is 4. The van der Waals surface area contributed by atoms with Crippen molar-refractivity contribution in [3.63, 3.8) is 0 Å². The van der Waals surface area contributed by atoms with Gasteiger partial charge in [0.05, 0.1) is 16.3 Å². The van der Waals surface area contributed by atoms with Gasteiger partial charge in [0.2, 0.25) is 5.91 Å².